The average molecular weight is 183 g/mol. The monoisotopic (exact) mass is 183 g/mol. The summed E-state index contributed by atoms with van der Waals surface area (Å²) in [7, 11) is 0. The van der Waals surface area contributed by atoms with Crippen molar-refractivity contribution in [2.75, 3.05) is 0 Å². The predicted molar refractivity (Wildman–Crippen MR) is 53.6 cm³/mol. The highest BCUT2D eigenvalue weighted by Gasteiger charge is 2.32. The largest absolute Gasteiger partial charge is 0.392 e. The van der Waals surface area contributed by atoms with Gasteiger partial charge in [0, 0.05) is 12.1 Å². The van der Waals surface area contributed by atoms with Gasteiger partial charge in [-0.25, -0.2) is 0 Å². The van der Waals surface area contributed by atoms with Crippen LogP contribution in [0.5, 0.6) is 0 Å². The van der Waals surface area contributed by atoms with E-state index in [0.29, 0.717) is 12.1 Å². The van der Waals surface area contributed by atoms with Crippen molar-refractivity contribution in [2.45, 2.75) is 63.6 Å². The molecule has 2 heteroatoms. The topological polar surface area (TPSA) is 32.3 Å². The maximum Gasteiger partial charge on any atom is 0.0693 e. The van der Waals surface area contributed by atoms with Crippen LogP contribution in [-0.4, -0.2) is 23.3 Å². The molecule has 0 heterocycles. The highest BCUT2D eigenvalue weighted by atomic mass is 16.3. The lowest BCUT2D eigenvalue weighted by Gasteiger charge is -2.38. The summed E-state index contributed by atoms with van der Waals surface area (Å²) in [5.74, 6) is 0.955. The summed E-state index contributed by atoms with van der Waals surface area (Å²) in [6.45, 7) is 2.27. The minimum absolute atomic E-state index is 0.0688. The van der Waals surface area contributed by atoms with E-state index < -0.39 is 0 Å². The van der Waals surface area contributed by atoms with E-state index in [1.165, 1.54) is 32.1 Å². The van der Waals surface area contributed by atoms with Crippen LogP contribution >= 0.6 is 0 Å². The van der Waals surface area contributed by atoms with Gasteiger partial charge in [-0.15, -0.1) is 0 Å². The SMILES string of the molecule is CCC1CC(NC2CCCC2O)C1. The summed E-state index contributed by atoms with van der Waals surface area (Å²) in [5.41, 5.74) is 0. The first-order chi connectivity index (χ1) is 6.29. The first kappa shape index (κ1) is 9.47. The number of aliphatic hydroxyl groups is 1. The highest BCUT2D eigenvalue weighted by molar-refractivity contribution is 4.91. The zero-order valence-electron chi connectivity index (χ0n) is 8.50. The van der Waals surface area contributed by atoms with Gasteiger partial charge in [0.25, 0.3) is 0 Å². The molecule has 0 bridgehead atoms. The molecule has 2 unspecified atom stereocenters. The van der Waals surface area contributed by atoms with Crippen LogP contribution in [0.1, 0.15) is 45.4 Å². The third-order valence-corrected chi connectivity index (χ3v) is 3.74. The zero-order chi connectivity index (χ0) is 9.26. The Morgan fingerprint density at radius 1 is 1.31 bits per heavy atom. The zero-order valence-corrected chi connectivity index (χ0v) is 8.50. The van der Waals surface area contributed by atoms with Crippen molar-refractivity contribution in [1.82, 2.24) is 5.32 Å². The Labute approximate surface area is 80.7 Å². The van der Waals surface area contributed by atoms with Crippen molar-refractivity contribution in [1.29, 1.82) is 0 Å². The smallest absolute Gasteiger partial charge is 0.0693 e. The number of aliphatic hydroxyl groups excluding tert-OH is 1. The van der Waals surface area contributed by atoms with Crippen molar-refractivity contribution in [3.8, 4) is 0 Å². The van der Waals surface area contributed by atoms with E-state index >= 15 is 0 Å². The molecule has 13 heavy (non-hydrogen) atoms. The average Bonchev–Trinajstić information content (AvgIpc) is 2.43. The number of nitrogens with one attached hydrogen (secondary N) is 1. The van der Waals surface area contributed by atoms with Crippen LogP contribution in [0, 0.1) is 5.92 Å². The van der Waals surface area contributed by atoms with Crippen LogP contribution in [-0.2, 0) is 0 Å². The Hall–Kier alpha value is -0.0800. The van der Waals surface area contributed by atoms with Crippen LogP contribution in [0.25, 0.3) is 0 Å². The van der Waals surface area contributed by atoms with Crippen LogP contribution in [0.3, 0.4) is 0 Å². The Balaban J connectivity index is 1.68. The molecule has 0 amide bonds. The minimum atomic E-state index is -0.0688. The summed E-state index contributed by atoms with van der Waals surface area (Å²) in [6.07, 6.45) is 7.30. The first-order valence-corrected chi connectivity index (χ1v) is 5.73. The molecule has 0 aliphatic heterocycles. The Kier molecular flexibility index (Phi) is 2.89. The van der Waals surface area contributed by atoms with E-state index in [1.807, 2.05) is 0 Å². The molecule has 2 saturated carbocycles. The molecule has 2 N–H and O–H groups in total. The van der Waals surface area contributed by atoms with Crippen molar-refractivity contribution >= 4 is 0 Å². The van der Waals surface area contributed by atoms with Gasteiger partial charge in [-0.2, -0.15) is 0 Å². The molecule has 2 aliphatic carbocycles. The Bertz CT molecular complexity index is 165. The van der Waals surface area contributed by atoms with E-state index in [-0.39, 0.29) is 6.10 Å². The van der Waals surface area contributed by atoms with Crippen LogP contribution in [0.4, 0.5) is 0 Å². The predicted octanol–water partition coefficient (Wildman–Crippen LogP) is 1.68. The molecular formula is C11H21NO. The van der Waals surface area contributed by atoms with Crippen LogP contribution < -0.4 is 5.32 Å². The molecule has 2 atom stereocenters. The Morgan fingerprint density at radius 3 is 2.62 bits per heavy atom. The van der Waals surface area contributed by atoms with Crippen LogP contribution in [0.2, 0.25) is 0 Å². The van der Waals surface area contributed by atoms with E-state index in [2.05, 4.69) is 12.2 Å². The molecule has 0 aromatic carbocycles. The van der Waals surface area contributed by atoms with Crippen LogP contribution in [0.15, 0.2) is 0 Å². The minimum Gasteiger partial charge on any atom is -0.392 e. The highest BCUT2D eigenvalue weighted by Crippen LogP contribution is 2.31. The van der Waals surface area contributed by atoms with E-state index in [9.17, 15) is 5.11 Å². The third kappa shape index (κ3) is 2.05. The fourth-order valence-corrected chi connectivity index (χ4v) is 2.64. The fraction of sp³-hybridized carbons (Fsp3) is 1.00. The molecule has 0 spiro atoms. The maximum absolute atomic E-state index is 9.62. The molecule has 0 aromatic rings. The molecule has 0 radical (unpaired) electrons. The van der Waals surface area contributed by atoms with Crippen molar-refractivity contribution in [3.05, 3.63) is 0 Å². The van der Waals surface area contributed by atoms with Gasteiger partial charge in [-0.3, -0.25) is 0 Å². The van der Waals surface area contributed by atoms with Gasteiger partial charge in [0.15, 0.2) is 0 Å². The van der Waals surface area contributed by atoms with E-state index in [1.54, 1.807) is 0 Å². The number of hydrogen-bond acceptors (Lipinski definition) is 2. The van der Waals surface area contributed by atoms with Crippen molar-refractivity contribution in [2.24, 2.45) is 5.92 Å². The lowest BCUT2D eigenvalue weighted by molar-refractivity contribution is 0.118. The van der Waals surface area contributed by atoms with Gasteiger partial charge >= 0.3 is 0 Å². The van der Waals surface area contributed by atoms with E-state index in [4.69, 9.17) is 0 Å². The molecule has 0 saturated heterocycles. The normalized spacial score (nSPS) is 44.8. The summed E-state index contributed by atoms with van der Waals surface area (Å²) in [5, 5.41) is 13.2. The van der Waals surface area contributed by atoms with Gasteiger partial charge in [0.1, 0.15) is 0 Å². The quantitative estimate of drug-likeness (QED) is 0.697. The second-order valence-electron chi connectivity index (χ2n) is 4.71. The van der Waals surface area contributed by atoms with Crippen molar-refractivity contribution in [3.63, 3.8) is 0 Å². The molecule has 2 fully saturated rings. The summed E-state index contributed by atoms with van der Waals surface area (Å²) >= 11 is 0. The van der Waals surface area contributed by atoms with Gasteiger partial charge in [0.05, 0.1) is 6.10 Å². The van der Waals surface area contributed by atoms with Gasteiger partial charge in [-0.05, 0) is 38.0 Å². The van der Waals surface area contributed by atoms with Gasteiger partial charge < -0.3 is 10.4 Å². The Morgan fingerprint density at radius 2 is 2.08 bits per heavy atom. The van der Waals surface area contributed by atoms with Gasteiger partial charge in [-0.1, -0.05) is 13.3 Å². The number of hydrogen-bond donors (Lipinski definition) is 2. The molecular weight excluding hydrogens is 162 g/mol. The lowest BCUT2D eigenvalue weighted by atomic mass is 9.78. The summed E-state index contributed by atoms with van der Waals surface area (Å²) in [6, 6.07) is 1.12. The second kappa shape index (κ2) is 3.97. The molecule has 0 aromatic heterocycles. The first-order valence-electron chi connectivity index (χ1n) is 5.73. The molecule has 2 aliphatic rings. The maximum atomic E-state index is 9.62. The number of rotatable bonds is 3. The third-order valence-electron chi connectivity index (χ3n) is 3.74. The summed E-state index contributed by atoms with van der Waals surface area (Å²) in [4.78, 5) is 0. The fourth-order valence-electron chi connectivity index (χ4n) is 2.64. The molecule has 76 valence electrons. The van der Waals surface area contributed by atoms with Gasteiger partial charge in [0.2, 0.25) is 0 Å². The molecule has 2 rings (SSSR count). The van der Waals surface area contributed by atoms with E-state index in [0.717, 1.165) is 12.3 Å². The molecule has 2 nitrogen and oxygen atoms in total. The second-order valence-corrected chi connectivity index (χ2v) is 4.71. The summed E-state index contributed by atoms with van der Waals surface area (Å²) < 4.78 is 0. The van der Waals surface area contributed by atoms with Crippen molar-refractivity contribution < 1.29 is 5.11 Å². The lowest BCUT2D eigenvalue weighted by Crippen LogP contribution is -2.48. The standard InChI is InChI=1S/C11H21NO/c1-2-8-6-9(7-8)12-10-4-3-5-11(10)13/h8-13H,2-7H2,1H3.